The lowest BCUT2D eigenvalue weighted by Crippen LogP contribution is -2.33. The zero-order valence-electron chi connectivity index (χ0n) is 14.6. The summed E-state index contributed by atoms with van der Waals surface area (Å²) in [5, 5.41) is 10.4. The van der Waals surface area contributed by atoms with E-state index in [9.17, 15) is 9.90 Å². The maximum Gasteiger partial charge on any atom is 0.323 e. The van der Waals surface area contributed by atoms with Gasteiger partial charge in [-0.1, -0.05) is 0 Å². The molecular formula is C18H24N2O4. The summed E-state index contributed by atoms with van der Waals surface area (Å²) >= 11 is 0. The van der Waals surface area contributed by atoms with Gasteiger partial charge in [-0.25, -0.2) is 0 Å². The Kier molecular flexibility index (Phi) is 4.41. The van der Waals surface area contributed by atoms with Crippen LogP contribution in [0.3, 0.4) is 0 Å². The minimum Gasteiger partial charge on any atom is -0.493 e. The molecule has 1 heterocycles. The second-order valence-electron chi connectivity index (χ2n) is 6.49. The summed E-state index contributed by atoms with van der Waals surface area (Å²) in [6.45, 7) is -0.0338. The van der Waals surface area contributed by atoms with Crippen LogP contribution in [0.15, 0.2) is 12.1 Å². The first-order valence-corrected chi connectivity index (χ1v) is 8.10. The molecule has 0 saturated heterocycles. The Morgan fingerprint density at radius 3 is 2.54 bits per heavy atom. The summed E-state index contributed by atoms with van der Waals surface area (Å²) in [6, 6.07) is 4.33. The molecule has 0 amide bonds. The summed E-state index contributed by atoms with van der Waals surface area (Å²) in [5.74, 6) is 0.460. The van der Waals surface area contributed by atoms with Crippen LogP contribution in [0.2, 0.25) is 0 Å². The predicted octanol–water partition coefficient (Wildman–Crippen LogP) is 2.16. The number of carboxylic acids is 1. The molecule has 1 aliphatic rings. The van der Waals surface area contributed by atoms with Gasteiger partial charge in [0.2, 0.25) is 0 Å². The van der Waals surface area contributed by atoms with E-state index in [0.29, 0.717) is 17.5 Å². The van der Waals surface area contributed by atoms with Crippen molar-refractivity contribution < 1.29 is 19.4 Å². The Bertz CT molecular complexity index is 779. The number of aromatic nitrogens is 1. The Morgan fingerprint density at radius 2 is 1.96 bits per heavy atom. The number of carbonyl (C=O) groups is 1. The minimum absolute atomic E-state index is 0.0338. The van der Waals surface area contributed by atoms with Gasteiger partial charge in [0, 0.05) is 23.2 Å². The Hall–Kier alpha value is -2.21. The van der Waals surface area contributed by atoms with Gasteiger partial charge in [-0.2, -0.15) is 0 Å². The SMILES string of the molecule is COc1cc2c3c(n(CC(=O)O)c2cc1OC)CCC(N(C)C)C3. The number of rotatable bonds is 5. The number of hydrogen-bond donors (Lipinski definition) is 1. The minimum atomic E-state index is -0.834. The normalized spacial score (nSPS) is 17.1. The van der Waals surface area contributed by atoms with Crippen LogP contribution in [0, 0.1) is 0 Å². The topological polar surface area (TPSA) is 63.9 Å². The van der Waals surface area contributed by atoms with Gasteiger partial charge in [-0.05, 0) is 45.0 Å². The Morgan fingerprint density at radius 1 is 1.29 bits per heavy atom. The molecule has 6 heteroatoms. The summed E-state index contributed by atoms with van der Waals surface area (Å²) in [7, 11) is 7.40. The van der Waals surface area contributed by atoms with Crippen molar-refractivity contribution in [2.75, 3.05) is 28.3 Å². The predicted molar refractivity (Wildman–Crippen MR) is 92.2 cm³/mol. The van der Waals surface area contributed by atoms with Crippen LogP contribution in [0.25, 0.3) is 10.9 Å². The standard InChI is InChI=1S/C18H24N2O4/c1-19(2)11-5-6-14-12(7-11)13-8-16(23-3)17(24-4)9-15(13)20(14)10-18(21)22/h8-9,11H,5-7,10H2,1-4H3,(H,21,22). The first-order chi connectivity index (χ1) is 11.5. The summed E-state index contributed by atoms with van der Waals surface area (Å²) in [6.07, 6.45) is 2.83. The van der Waals surface area contributed by atoms with Gasteiger partial charge in [0.05, 0.1) is 19.7 Å². The molecule has 1 unspecified atom stereocenters. The number of ether oxygens (including phenoxy) is 2. The third-order valence-electron chi connectivity index (χ3n) is 4.97. The fraction of sp³-hybridized carbons (Fsp3) is 0.500. The zero-order valence-corrected chi connectivity index (χ0v) is 14.6. The van der Waals surface area contributed by atoms with E-state index >= 15 is 0 Å². The van der Waals surface area contributed by atoms with Crippen LogP contribution in [-0.2, 0) is 24.2 Å². The molecule has 0 spiro atoms. The highest BCUT2D eigenvalue weighted by Gasteiger charge is 2.28. The molecule has 1 atom stereocenters. The maximum absolute atomic E-state index is 11.4. The van der Waals surface area contributed by atoms with Crippen molar-refractivity contribution >= 4 is 16.9 Å². The first kappa shape index (κ1) is 16.6. The number of aliphatic carboxylic acids is 1. The van der Waals surface area contributed by atoms with E-state index in [-0.39, 0.29) is 6.54 Å². The van der Waals surface area contributed by atoms with E-state index < -0.39 is 5.97 Å². The van der Waals surface area contributed by atoms with Crippen molar-refractivity contribution in [1.29, 1.82) is 0 Å². The van der Waals surface area contributed by atoms with Crippen molar-refractivity contribution in [1.82, 2.24) is 9.47 Å². The second kappa shape index (κ2) is 6.36. The van der Waals surface area contributed by atoms with Crippen LogP contribution >= 0.6 is 0 Å². The monoisotopic (exact) mass is 332 g/mol. The molecule has 6 nitrogen and oxygen atoms in total. The fourth-order valence-electron chi connectivity index (χ4n) is 3.71. The number of benzene rings is 1. The zero-order chi connectivity index (χ0) is 17.4. The molecule has 3 rings (SSSR count). The van der Waals surface area contributed by atoms with Crippen molar-refractivity contribution in [2.45, 2.75) is 31.8 Å². The highest BCUT2D eigenvalue weighted by Crippen LogP contribution is 2.39. The lowest BCUT2D eigenvalue weighted by atomic mass is 9.90. The average Bonchev–Trinajstić information content (AvgIpc) is 2.85. The summed E-state index contributed by atoms with van der Waals surface area (Å²) in [4.78, 5) is 13.6. The molecule has 130 valence electrons. The summed E-state index contributed by atoms with van der Waals surface area (Å²) in [5.41, 5.74) is 3.26. The number of likely N-dealkylation sites (N-methyl/N-ethyl adjacent to an activating group) is 1. The van der Waals surface area contributed by atoms with Crippen LogP contribution in [0.1, 0.15) is 17.7 Å². The molecule has 1 aliphatic carbocycles. The number of nitrogens with zero attached hydrogens (tertiary/aromatic N) is 2. The molecule has 0 radical (unpaired) electrons. The van der Waals surface area contributed by atoms with Gasteiger partial charge >= 0.3 is 5.97 Å². The Balaban J connectivity index is 2.23. The number of hydrogen-bond acceptors (Lipinski definition) is 4. The second-order valence-corrected chi connectivity index (χ2v) is 6.49. The molecule has 0 saturated carbocycles. The smallest absolute Gasteiger partial charge is 0.323 e. The number of methoxy groups -OCH3 is 2. The molecule has 2 aromatic rings. The molecule has 24 heavy (non-hydrogen) atoms. The largest absolute Gasteiger partial charge is 0.493 e. The van der Waals surface area contributed by atoms with Crippen LogP contribution < -0.4 is 9.47 Å². The van der Waals surface area contributed by atoms with E-state index in [2.05, 4.69) is 19.0 Å². The molecule has 0 fully saturated rings. The van der Waals surface area contributed by atoms with Crippen molar-refractivity contribution in [3.05, 3.63) is 23.4 Å². The molecule has 1 aromatic heterocycles. The highest BCUT2D eigenvalue weighted by molar-refractivity contribution is 5.90. The van der Waals surface area contributed by atoms with Crippen molar-refractivity contribution in [3.8, 4) is 11.5 Å². The Labute approximate surface area is 141 Å². The van der Waals surface area contributed by atoms with Gasteiger partial charge in [0.15, 0.2) is 11.5 Å². The first-order valence-electron chi connectivity index (χ1n) is 8.10. The molecule has 0 bridgehead atoms. The van der Waals surface area contributed by atoms with Gasteiger partial charge in [-0.15, -0.1) is 0 Å². The van der Waals surface area contributed by atoms with E-state index in [1.165, 1.54) is 5.56 Å². The van der Waals surface area contributed by atoms with E-state index in [1.54, 1.807) is 14.2 Å². The third kappa shape index (κ3) is 2.71. The molecule has 0 aliphatic heterocycles. The van der Waals surface area contributed by atoms with E-state index in [4.69, 9.17) is 9.47 Å². The van der Waals surface area contributed by atoms with Gasteiger partial charge in [0.1, 0.15) is 6.54 Å². The quantitative estimate of drug-likeness (QED) is 0.909. The van der Waals surface area contributed by atoms with Crippen molar-refractivity contribution in [2.24, 2.45) is 0 Å². The van der Waals surface area contributed by atoms with E-state index in [1.807, 2.05) is 16.7 Å². The average molecular weight is 332 g/mol. The lowest BCUT2D eigenvalue weighted by molar-refractivity contribution is -0.137. The highest BCUT2D eigenvalue weighted by atomic mass is 16.5. The molecule has 1 N–H and O–H groups in total. The fourth-order valence-corrected chi connectivity index (χ4v) is 3.71. The van der Waals surface area contributed by atoms with Gasteiger partial charge in [-0.3, -0.25) is 4.79 Å². The molecule has 1 aromatic carbocycles. The molecular weight excluding hydrogens is 308 g/mol. The van der Waals surface area contributed by atoms with Gasteiger partial charge < -0.3 is 24.0 Å². The van der Waals surface area contributed by atoms with Crippen molar-refractivity contribution in [3.63, 3.8) is 0 Å². The number of fused-ring (bicyclic) bond motifs is 3. The van der Waals surface area contributed by atoms with E-state index in [0.717, 1.165) is 35.9 Å². The van der Waals surface area contributed by atoms with Gasteiger partial charge in [0.25, 0.3) is 0 Å². The van der Waals surface area contributed by atoms with Crippen LogP contribution in [-0.4, -0.2) is 54.9 Å². The number of carboxylic acid groups (broad SMARTS) is 1. The summed E-state index contributed by atoms with van der Waals surface area (Å²) < 4.78 is 12.8. The maximum atomic E-state index is 11.4. The van der Waals surface area contributed by atoms with Crippen LogP contribution in [0.4, 0.5) is 0 Å². The lowest BCUT2D eigenvalue weighted by Gasteiger charge is -2.29. The van der Waals surface area contributed by atoms with Crippen LogP contribution in [0.5, 0.6) is 11.5 Å². The third-order valence-corrected chi connectivity index (χ3v) is 4.97.